The van der Waals surface area contributed by atoms with Crippen molar-refractivity contribution in [3.63, 3.8) is 0 Å². The Balaban J connectivity index is 0. The van der Waals surface area contributed by atoms with Crippen LogP contribution in [-0.2, 0) is 0 Å². The first-order valence-electron chi connectivity index (χ1n) is 4.93. The maximum Gasteiger partial charge on any atom is 0.00693 e. The summed E-state index contributed by atoms with van der Waals surface area (Å²) in [6.45, 7) is 10.1. The quantitative estimate of drug-likeness (QED) is 0.586. The van der Waals surface area contributed by atoms with Gasteiger partial charge in [-0.05, 0) is 25.3 Å². The second-order valence-electron chi connectivity index (χ2n) is 2.02. The summed E-state index contributed by atoms with van der Waals surface area (Å²) in [5.41, 5.74) is 1.33. The first-order chi connectivity index (χ1) is 6.33. The Hall–Kier alpha value is -0.430. The fourth-order valence-corrected chi connectivity index (χ4v) is 1.08. The molecule has 1 aromatic carbocycles. The molecular formula is C12H22S. The molecule has 0 spiro atoms. The van der Waals surface area contributed by atoms with Gasteiger partial charge in [0.25, 0.3) is 0 Å². The molecule has 0 amide bonds. The van der Waals surface area contributed by atoms with E-state index < -0.39 is 0 Å². The lowest BCUT2D eigenvalue weighted by Gasteiger charge is -1.93. The van der Waals surface area contributed by atoms with Crippen LogP contribution in [0, 0.1) is 6.92 Å². The van der Waals surface area contributed by atoms with E-state index in [4.69, 9.17) is 0 Å². The minimum Gasteiger partial charge on any atom is -0.130 e. The number of aryl methyl sites for hydroxylation is 1. The van der Waals surface area contributed by atoms with Gasteiger partial charge in [0.05, 0.1) is 0 Å². The predicted octanol–water partition coefficient (Wildman–Crippen LogP) is 4.77. The first kappa shape index (κ1) is 15.1. The zero-order valence-corrected chi connectivity index (χ0v) is 10.5. The van der Waals surface area contributed by atoms with Gasteiger partial charge in [0.15, 0.2) is 0 Å². The van der Waals surface area contributed by atoms with E-state index in [1.807, 2.05) is 27.7 Å². The third-order valence-electron chi connectivity index (χ3n) is 1.26. The van der Waals surface area contributed by atoms with Gasteiger partial charge in [-0.1, -0.05) is 45.4 Å². The number of hydrogen-bond acceptors (Lipinski definition) is 1. The Morgan fingerprint density at radius 1 is 0.846 bits per heavy atom. The van der Waals surface area contributed by atoms with E-state index in [1.165, 1.54) is 10.5 Å². The minimum absolute atomic E-state index is 1.33. The van der Waals surface area contributed by atoms with Crippen molar-refractivity contribution in [1.82, 2.24) is 0 Å². The summed E-state index contributed by atoms with van der Waals surface area (Å²) in [5.74, 6) is 0. The minimum atomic E-state index is 1.33. The van der Waals surface area contributed by atoms with Crippen molar-refractivity contribution >= 4 is 11.8 Å². The molecule has 0 N–H and O–H groups in total. The summed E-state index contributed by atoms with van der Waals surface area (Å²) >= 11 is 1.78. The van der Waals surface area contributed by atoms with Gasteiger partial charge in [0.1, 0.15) is 0 Å². The SMILES string of the molecule is CC.CC.CSc1ccc(C)cc1. The predicted molar refractivity (Wildman–Crippen MR) is 65.7 cm³/mol. The van der Waals surface area contributed by atoms with Crippen LogP contribution in [0.1, 0.15) is 33.3 Å². The molecule has 76 valence electrons. The van der Waals surface area contributed by atoms with E-state index in [1.54, 1.807) is 11.8 Å². The molecule has 0 atom stereocenters. The molecule has 0 heterocycles. The summed E-state index contributed by atoms with van der Waals surface area (Å²) in [6, 6.07) is 8.54. The number of thioether (sulfide) groups is 1. The van der Waals surface area contributed by atoms with Crippen molar-refractivity contribution in [3.05, 3.63) is 29.8 Å². The average Bonchev–Trinajstić information content (AvgIpc) is 2.25. The lowest BCUT2D eigenvalue weighted by molar-refractivity contribution is 1.38. The normalized spacial score (nSPS) is 7.54. The van der Waals surface area contributed by atoms with Crippen molar-refractivity contribution in [3.8, 4) is 0 Å². The van der Waals surface area contributed by atoms with Crippen LogP contribution in [0.5, 0.6) is 0 Å². The lowest BCUT2D eigenvalue weighted by atomic mass is 10.2. The topological polar surface area (TPSA) is 0 Å². The second kappa shape index (κ2) is 11.6. The molecule has 0 saturated carbocycles. The molecule has 13 heavy (non-hydrogen) atoms. The van der Waals surface area contributed by atoms with E-state index in [0.717, 1.165) is 0 Å². The van der Waals surface area contributed by atoms with E-state index in [2.05, 4.69) is 37.4 Å². The second-order valence-corrected chi connectivity index (χ2v) is 2.90. The largest absolute Gasteiger partial charge is 0.130 e. The molecule has 0 bridgehead atoms. The van der Waals surface area contributed by atoms with Gasteiger partial charge in [0, 0.05) is 4.90 Å². The van der Waals surface area contributed by atoms with Crippen LogP contribution in [0.4, 0.5) is 0 Å². The van der Waals surface area contributed by atoms with Gasteiger partial charge in [-0.2, -0.15) is 0 Å². The molecular weight excluding hydrogens is 176 g/mol. The van der Waals surface area contributed by atoms with Gasteiger partial charge < -0.3 is 0 Å². The molecule has 0 aliphatic carbocycles. The van der Waals surface area contributed by atoms with E-state index in [-0.39, 0.29) is 0 Å². The Bertz CT molecular complexity index is 177. The molecule has 0 aliphatic rings. The average molecular weight is 198 g/mol. The van der Waals surface area contributed by atoms with Crippen LogP contribution >= 0.6 is 11.8 Å². The van der Waals surface area contributed by atoms with Crippen LogP contribution < -0.4 is 0 Å². The van der Waals surface area contributed by atoms with Crippen LogP contribution in [0.25, 0.3) is 0 Å². The van der Waals surface area contributed by atoms with Gasteiger partial charge >= 0.3 is 0 Å². The highest BCUT2D eigenvalue weighted by atomic mass is 32.2. The Morgan fingerprint density at radius 2 is 1.23 bits per heavy atom. The zero-order chi connectivity index (χ0) is 10.7. The molecule has 0 nitrogen and oxygen atoms in total. The molecule has 0 saturated heterocycles. The highest BCUT2D eigenvalue weighted by Gasteiger charge is 1.85. The van der Waals surface area contributed by atoms with Gasteiger partial charge in [-0.25, -0.2) is 0 Å². The molecule has 0 aromatic heterocycles. The highest BCUT2D eigenvalue weighted by Crippen LogP contribution is 2.13. The standard InChI is InChI=1S/C8H10S.2C2H6/c1-7-3-5-8(9-2)6-4-7;2*1-2/h3-6H,1-2H3;2*1-2H3. The molecule has 1 rings (SSSR count). The molecule has 1 heteroatoms. The number of rotatable bonds is 1. The maximum atomic E-state index is 2.14. The van der Waals surface area contributed by atoms with Crippen molar-refractivity contribution < 1.29 is 0 Å². The third kappa shape index (κ3) is 7.92. The van der Waals surface area contributed by atoms with Gasteiger partial charge in [0.2, 0.25) is 0 Å². The monoisotopic (exact) mass is 198 g/mol. The number of hydrogen-bond donors (Lipinski definition) is 0. The maximum absolute atomic E-state index is 2.14. The molecule has 0 radical (unpaired) electrons. The summed E-state index contributed by atoms with van der Waals surface area (Å²) in [4.78, 5) is 1.33. The van der Waals surface area contributed by atoms with Gasteiger partial charge in [-0.3, -0.25) is 0 Å². The Labute approximate surface area is 87.8 Å². The summed E-state index contributed by atoms with van der Waals surface area (Å²) in [5, 5.41) is 0. The van der Waals surface area contributed by atoms with E-state index >= 15 is 0 Å². The first-order valence-corrected chi connectivity index (χ1v) is 6.16. The molecule has 0 unspecified atom stereocenters. The lowest BCUT2D eigenvalue weighted by Crippen LogP contribution is -1.70. The molecule has 1 aromatic rings. The zero-order valence-electron chi connectivity index (χ0n) is 9.72. The summed E-state index contributed by atoms with van der Waals surface area (Å²) in [7, 11) is 0. The van der Waals surface area contributed by atoms with Crippen molar-refractivity contribution in [2.75, 3.05) is 6.26 Å². The van der Waals surface area contributed by atoms with Crippen molar-refractivity contribution in [1.29, 1.82) is 0 Å². The Morgan fingerprint density at radius 3 is 1.54 bits per heavy atom. The summed E-state index contributed by atoms with van der Waals surface area (Å²) < 4.78 is 0. The smallest absolute Gasteiger partial charge is 0.00693 e. The Kier molecular flexibility index (Phi) is 13.4. The molecule has 0 fully saturated rings. The van der Waals surface area contributed by atoms with Crippen LogP contribution in [-0.4, -0.2) is 6.26 Å². The fraction of sp³-hybridized carbons (Fsp3) is 0.500. The van der Waals surface area contributed by atoms with E-state index in [9.17, 15) is 0 Å². The van der Waals surface area contributed by atoms with Crippen LogP contribution in [0.2, 0.25) is 0 Å². The highest BCUT2D eigenvalue weighted by molar-refractivity contribution is 7.98. The van der Waals surface area contributed by atoms with Crippen molar-refractivity contribution in [2.24, 2.45) is 0 Å². The fourth-order valence-electron chi connectivity index (χ4n) is 0.674. The van der Waals surface area contributed by atoms with Crippen LogP contribution in [0.3, 0.4) is 0 Å². The van der Waals surface area contributed by atoms with Crippen LogP contribution in [0.15, 0.2) is 29.2 Å². The molecule has 0 aliphatic heterocycles. The summed E-state index contributed by atoms with van der Waals surface area (Å²) in [6.07, 6.45) is 2.09. The number of benzene rings is 1. The van der Waals surface area contributed by atoms with E-state index in [0.29, 0.717) is 0 Å². The van der Waals surface area contributed by atoms with Crippen molar-refractivity contribution in [2.45, 2.75) is 39.5 Å². The third-order valence-corrected chi connectivity index (χ3v) is 2.00. The van der Waals surface area contributed by atoms with Gasteiger partial charge in [-0.15, -0.1) is 11.8 Å².